The van der Waals surface area contributed by atoms with E-state index in [1.54, 1.807) is 0 Å². The summed E-state index contributed by atoms with van der Waals surface area (Å²) in [6.45, 7) is -4.94. The summed E-state index contributed by atoms with van der Waals surface area (Å²) < 4.78 is 35.5. The fourth-order valence-corrected chi connectivity index (χ4v) is 1.28. The molecule has 1 nitrogen and oxygen atoms in total. The van der Waals surface area contributed by atoms with Crippen LogP contribution in [0.4, 0.5) is 12.9 Å². The molecule has 15 heavy (non-hydrogen) atoms. The van der Waals surface area contributed by atoms with Crippen molar-refractivity contribution in [2.45, 2.75) is 0 Å². The van der Waals surface area contributed by atoms with Gasteiger partial charge in [0.1, 0.15) is 10.3 Å². The van der Waals surface area contributed by atoms with E-state index >= 15 is 0 Å². The summed E-state index contributed by atoms with van der Waals surface area (Å²) in [6.07, 6.45) is 0.902. The summed E-state index contributed by atoms with van der Waals surface area (Å²) in [5.74, 6) is 0.169. The summed E-state index contributed by atoms with van der Waals surface area (Å²) in [5, 5.41) is 0.124. The van der Waals surface area contributed by atoms with Crippen LogP contribution < -0.4 is 51.4 Å². The second-order valence-corrected chi connectivity index (χ2v) is 3.30. The molecule has 76 valence electrons. The summed E-state index contributed by atoms with van der Waals surface area (Å²) in [7, 11) is 0. The molecule has 0 fully saturated rings. The first-order valence-corrected chi connectivity index (χ1v) is 4.35. The van der Waals surface area contributed by atoms with Gasteiger partial charge in [-0.15, -0.1) is 5.98 Å². The molecule has 0 aromatic carbocycles. The molecular formula is C7H4BCl2F3KN. The van der Waals surface area contributed by atoms with E-state index in [-0.39, 0.29) is 73.2 Å². The van der Waals surface area contributed by atoms with E-state index in [0.717, 1.165) is 6.08 Å². The molecule has 0 N–H and O–H groups in total. The van der Waals surface area contributed by atoms with Crippen LogP contribution in [-0.4, -0.2) is 12.0 Å². The average molecular weight is 280 g/mol. The van der Waals surface area contributed by atoms with Gasteiger partial charge in [0.15, 0.2) is 0 Å². The topological polar surface area (TPSA) is 12.9 Å². The molecule has 0 radical (unpaired) electrons. The largest absolute Gasteiger partial charge is 1.00 e. The molecule has 1 aromatic rings. The zero-order valence-corrected chi connectivity index (χ0v) is 12.4. The standard InChI is InChI=1S/C7H4BCl2F3N.K/c9-6-3-5(4-7(10)14-6)1-2-8(11,12)13;/h1-4H;/q-1;+1/b2-1+;. The average Bonchev–Trinajstić information content (AvgIpc) is 1.97. The van der Waals surface area contributed by atoms with E-state index in [1.807, 2.05) is 0 Å². The van der Waals surface area contributed by atoms with Crippen molar-refractivity contribution in [2.24, 2.45) is 0 Å². The Hall–Kier alpha value is 0.961. The number of aromatic nitrogens is 1. The van der Waals surface area contributed by atoms with Crippen LogP contribution >= 0.6 is 23.2 Å². The van der Waals surface area contributed by atoms with Crippen LogP contribution in [0.25, 0.3) is 6.08 Å². The molecule has 0 saturated heterocycles. The van der Waals surface area contributed by atoms with Crippen molar-refractivity contribution in [2.75, 3.05) is 0 Å². The zero-order chi connectivity index (χ0) is 10.8. The number of pyridine rings is 1. The second kappa shape index (κ2) is 6.64. The molecule has 1 heterocycles. The summed E-state index contributed by atoms with van der Waals surface area (Å²) in [4.78, 5) is 3.60. The molecule has 1 aromatic heterocycles. The normalized spacial score (nSPS) is 11.5. The smallest absolute Gasteiger partial charge is 0.445 e. The van der Waals surface area contributed by atoms with Gasteiger partial charge in [0, 0.05) is 0 Å². The maximum absolute atomic E-state index is 11.8. The van der Waals surface area contributed by atoms with Crippen molar-refractivity contribution in [1.82, 2.24) is 4.98 Å². The molecule has 0 amide bonds. The Balaban J connectivity index is 0.00000196. The third-order valence-electron chi connectivity index (χ3n) is 1.29. The minimum atomic E-state index is -4.94. The monoisotopic (exact) mass is 279 g/mol. The van der Waals surface area contributed by atoms with E-state index < -0.39 is 6.98 Å². The second-order valence-electron chi connectivity index (χ2n) is 2.53. The van der Waals surface area contributed by atoms with Crippen molar-refractivity contribution >= 4 is 36.3 Å². The van der Waals surface area contributed by atoms with Crippen molar-refractivity contribution < 1.29 is 64.3 Å². The molecule has 0 aliphatic heterocycles. The number of hydrogen-bond donors (Lipinski definition) is 0. The van der Waals surface area contributed by atoms with Crippen molar-refractivity contribution in [3.05, 3.63) is 34.0 Å². The quantitative estimate of drug-likeness (QED) is 0.576. The predicted octanol–water partition coefficient (Wildman–Crippen LogP) is 0.792. The maximum Gasteiger partial charge on any atom is 1.00 e. The SMILES string of the molecule is F[B-](F)(F)/C=C/c1cc(Cl)nc(Cl)c1.[K+]. The van der Waals surface area contributed by atoms with Crippen LogP contribution in [0.1, 0.15) is 5.56 Å². The summed E-state index contributed by atoms with van der Waals surface area (Å²) in [5.41, 5.74) is 0.272. The fourth-order valence-electron chi connectivity index (χ4n) is 0.800. The Morgan fingerprint density at radius 2 is 1.60 bits per heavy atom. The van der Waals surface area contributed by atoms with E-state index in [9.17, 15) is 12.9 Å². The van der Waals surface area contributed by atoms with Gasteiger partial charge >= 0.3 is 58.4 Å². The van der Waals surface area contributed by atoms with Crippen LogP contribution in [0.5, 0.6) is 0 Å². The Kier molecular flexibility index (Phi) is 7.06. The van der Waals surface area contributed by atoms with Gasteiger partial charge in [-0.05, 0) is 17.7 Å². The Morgan fingerprint density at radius 1 is 1.13 bits per heavy atom. The van der Waals surface area contributed by atoms with Crippen LogP contribution in [0, 0.1) is 0 Å². The number of halogens is 5. The zero-order valence-electron chi connectivity index (χ0n) is 7.72. The Labute approximate surface area is 138 Å². The molecule has 0 aliphatic rings. The van der Waals surface area contributed by atoms with Gasteiger partial charge in [0.25, 0.3) is 0 Å². The van der Waals surface area contributed by atoms with Crippen LogP contribution in [0.15, 0.2) is 18.1 Å². The number of hydrogen-bond acceptors (Lipinski definition) is 1. The van der Waals surface area contributed by atoms with E-state index in [2.05, 4.69) is 4.98 Å². The Bertz CT molecular complexity index is 349. The number of nitrogens with zero attached hydrogens (tertiary/aromatic N) is 1. The molecule has 0 bridgehead atoms. The minimum Gasteiger partial charge on any atom is -0.445 e. The van der Waals surface area contributed by atoms with E-state index in [1.165, 1.54) is 12.1 Å². The van der Waals surface area contributed by atoms with E-state index in [4.69, 9.17) is 23.2 Å². The molecular weight excluding hydrogens is 276 g/mol. The Morgan fingerprint density at radius 3 is 2.00 bits per heavy atom. The van der Waals surface area contributed by atoms with Gasteiger partial charge in [-0.3, -0.25) is 0 Å². The van der Waals surface area contributed by atoms with E-state index in [0.29, 0.717) is 0 Å². The summed E-state index contributed by atoms with van der Waals surface area (Å²) in [6, 6.07) is 2.59. The number of rotatable bonds is 2. The van der Waals surface area contributed by atoms with Crippen molar-refractivity contribution in [3.63, 3.8) is 0 Å². The fraction of sp³-hybridized carbons (Fsp3) is 0. The molecule has 0 unspecified atom stereocenters. The van der Waals surface area contributed by atoms with Crippen molar-refractivity contribution in [1.29, 1.82) is 0 Å². The molecule has 8 heteroatoms. The van der Waals surface area contributed by atoms with Crippen LogP contribution in [-0.2, 0) is 0 Å². The molecule has 1 rings (SSSR count). The maximum atomic E-state index is 11.8. The molecule has 0 spiro atoms. The molecule has 0 saturated carbocycles. The van der Waals surface area contributed by atoms with Gasteiger partial charge < -0.3 is 12.9 Å². The molecule has 0 atom stereocenters. The van der Waals surface area contributed by atoms with Crippen LogP contribution in [0.3, 0.4) is 0 Å². The predicted molar refractivity (Wildman–Crippen MR) is 52.4 cm³/mol. The van der Waals surface area contributed by atoms with Gasteiger partial charge in [0.2, 0.25) is 0 Å². The third kappa shape index (κ3) is 6.99. The van der Waals surface area contributed by atoms with Crippen LogP contribution in [0.2, 0.25) is 10.3 Å². The first-order chi connectivity index (χ1) is 6.37. The first-order valence-electron chi connectivity index (χ1n) is 3.59. The third-order valence-corrected chi connectivity index (χ3v) is 1.68. The van der Waals surface area contributed by atoms with Gasteiger partial charge in [-0.1, -0.05) is 29.3 Å². The minimum absolute atomic E-state index is 0. The first kappa shape index (κ1) is 16.0. The summed E-state index contributed by atoms with van der Waals surface area (Å²) >= 11 is 11.0. The van der Waals surface area contributed by atoms with Gasteiger partial charge in [0.05, 0.1) is 0 Å². The van der Waals surface area contributed by atoms with Gasteiger partial charge in [-0.25, -0.2) is 4.98 Å². The molecule has 0 aliphatic carbocycles. The van der Waals surface area contributed by atoms with Gasteiger partial charge in [-0.2, -0.15) is 0 Å². The van der Waals surface area contributed by atoms with Crippen molar-refractivity contribution in [3.8, 4) is 0 Å².